The van der Waals surface area contributed by atoms with Crippen molar-refractivity contribution in [2.24, 2.45) is 0 Å². The number of amides is 2. The van der Waals surface area contributed by atoms with Crippen molar-refractivity contribution in [2.75, 3.05) is 21.3 Å². The molecule has 0 aliphatic heterocycles. The topological polar surface area (TPSA) is 94.2 Å². The Labute approximate surface area is 178 Å². The van der Waals surface area contributed by atoms with Gasteiger partial charge in [0.25, 0.3) is 0 Å². The Balaban J connectivity index is 3.36. The van der Waals surface area contributed by atoms with E-state index in [2.05, 4.69) is 5.32 Å². The number of ether oxygens (including phenoxy) is 3. The monoisotopic (exact) mass is 422 g/mol. The predicted molar refractivity (Wildman–Crippen MR) is 113 cm³/mol. The lowest BCUT2D eigenvalue weighted by Crippen LogP contribution is -2.48. The van der Waals surface area contributed by atoms with E-state index in [1.807, 2.05) is 13.0 Å². The standard InChI is InChI=1S/C22H34N2O6/c1-9-14-13-15(11-12-17(14)28-7)18(24(6)21(27)30-22(3,4)5)19(25)23-16(10-2)20(26)29-8/h11-13,16,18H,9-10H2,1-8H3,(H,23,25). The number of likely N-dealkylation sites (N-methyl/N-ethyl adjacent to an activating group) is 1. The summed E-state index contributed by atoms with van der Waals surface area (Å²) in [4.78, 5) is 39.1. The van der Waals surface area contributed by atoms with Crippen molar-refractivity contribution in [1.82, 2.24) is 10.2 Å². The first-order valence-electron chi connectivity index (χ1n) is 9.99. The average Bonchev–Trinajstić information content (AvgIpc) is 2.69. The van der Waals surface area contributed by atoms with Gasteiger partial charge < -0.3 is 19.5 Å². The molecule has 0 bridgehead atoms. The van der Waals surface area contributed by atoms with Gasteiger partial charge in [0.15, 0.2) is 0 Å². The van der Waals surface area contributed by atoms with Gasteiger partial charge in [-0.15, -0.1) is 0 Å². The Morgan fingerprint density at radius 3 is 2.23 bits per heavy atom. The molecule has 1 rings (SSSR count). The van der Waals surface area contributed by atoms with Crippen LogP contribution in [0.15, 0.2) is 18.2 Å². The molecule has 2 atom stereocenters. The molecule has 1 aromatic rings. The zero-order valence-corrected chi connectivity index (χ0v) is 19.2. The molecule has 0 heterocycles. The molecule has 0 radical (unpaired) electrons. The van der Waals surface area contributed by atoms with Gasteiger partial charge in [0.1, 0.15) is 23.4 Å². The maximum atomic E-state index is 13.2. The molecule has 168 valence electrons. The number of benzene rings is 1. The largest absolute Gasteiger partial charge is 0.496 e. The second kappa shape index (κ2) is 10.8. The van der Waals surface area contributed by atoms with Gasteiger partial charge >= 0.3 is 12.1 Å². The minimum absolute atomic E-state index is 0.351. The highest BCUT2D eigenvalue weighted by Crippen LogP contribution is 2.28. The molecule has 30 heavy (non-hydrogen) atoms. The molecule has 1 N–H and O–H groups in total. The van der Waals surface area contributed by atoms with Crippen molar-refractivity contribution in [3.63, 3.8) is 0 Å². The number of esters is 1. The van der Waals surface area contributed by atoms with Crippen LogP contribution in [0.5, 0.6) is 5.75 Å². The Hall–Kier alpha value is -2.77. The lowest BCUT2D eigenvalue weighted by Gasteiger charge is -2.31. The van der Waals surface area contributed by atoms with Gasteiger partial charge in [0.05, 0.1) is 14.2 Å². The van der Waals surface area contributed by atoms with Crippen molar-refractivity contribution in [2.45, 2.75) is 65.1 Å². The highest BCUT2D eigenvalue weighted by atomic mass is 16.6. The Morgan fingerprint density at radius 1 is 1.13 bits per heavy atom. The molecule has 0 saturated heterocycles. The summed E-state index contributed by atoms with van der Waals surface area (Å²) in [5.41, 5.74) is 0.752. The molecule has 2 amide bonds. The van der Waals surface area contributed by atoms with E-state index in [0.29, 0.717) is 24.2 Å². The van der Waals surface area contributed by atoms with Crippen LogP contribution in [0, 0.1) is 0 Å². The molecular formula is C22H34N2O6. The molecule has 0 fully saturated rings. The summed E-state index contributed by atoms with van der Waals surface area (Å²) in [7, 11) is 4.33. The molecule has 1 aromatic carbocycles. The smallest absolute Gasteiger partial charge is 0.410 e. The lowest BCUT2D eigenvalue weighted by atomic mass is 9.99. The highest BCUT2D eigenvalue weighted by molar-refractivity contribution is 5.90. The molecule has 0 aliphatic rings. The Bertz CT molecular complexity index is 756. The van der Waals surface area contributed by atoms with Crippen molar-refractivity contribution in [3.05, 3.63) is 29.3 Å². The van der Waals surface area contributed by atoms with Gasteiger partial charge in [-0.1, -0.05) is 19.9 Å². The minimum atomic E-state index is -1.00. The molecule has 0 saturated carbocycles. The Kier molecular flexibility index (Phi) is 9.14. The predicted octanol–water partition coefficient (Wildman–Crippen LogP) is 3.23. The first-order chi connectivity index (χ1) is 14.0. The van der Waals surface area contributed by atoms with Crippen LogP contribution in [-0.4, -0.2) is 55.8 Å². The zero-order valence-electron chi connectivity index (χ0n) is 19.2. The second-order valence-corrected chi connectivity index (χ2v) is 7.91. The van der Waals surface area contributed by atoms with Crippen molar-refractivity contribution in [3.8, 4) is 5.75 Å². The molecule has 0 aromatic heterocycles. The number of rotatable bonds is 8. The van der Waals surface area contributed by atoms with E-state index in [0.717, 1.165) is 5.56 Å². The fraction of sp³-hybridized carbons (Fsp3) is 0.591. The summed E-state index contributed by atoms with van der Waals surface area (Å²) in [6, 6.07) is 3.48. The third-order valence-electron chi connectivity index (χ3n) is 4.53. The SMILES string of the molecule is CCc1cc(C(C(=O)NC(CC)C(=O)OC)N(C)C(=O)OC(C)(C)C)ccc1OC. The van der Waals surface area contributed by atoms with Gasteiger partial charge in [0.2, 0.25) is 5.91 Å². The average molecular weight is 423 g/mol. The summed E-state index contributed by atoms with van der Waals surface area (Å²) in [5.74, 6) is -0.359. The summed E-state index contributed by atoms with van der Waals surface area (Å²) >= 11 is 0. The van der Waals surface area contributed by atoms with Crippen LogP contribution in [0.3, 0.4) is 0 Å². The maximum Gasteiger partial charge on any atom is 0.410 e. The quantitative estimate of drug-likeness (QED) is 0.647. The van der Waals surface area contributed by atoms with Crippen LogP contribution in [0.25, 0.3) is 0 Å². The first-order valence-corrected chi connectivity index (χ1v) is 9.99. The number of nitrogens with one attached hydrogen (secondary N) is 1. The lowest BCUT2D eigenvalue weighted by molar-refractivity contribution is -0.145. The van der Waals surface area contributed by atoms with Crippen molar-refractivity contribution < 1.29 is 28.6 Å². The molecule has 0 aliphatic carbocycles. The van der Waals surface area contributed by atoms with Gasteiger partial charge in [-0.3, -0.25) is 9.69 Å². The van der Waals surface area contributed by atoms with Gasteiger partial charge in [-0.05, 0) is 56.9 Å². The van der Waals surface area contributed by atoms with Gasteiger partial charge in [-0.2, -0.15) is 0 Å². The van der Waals surface area contributed by atoms with Gasteiger partial charge in [-0.25, -0.2) is 9.59 Å². The molecule has 8 heteroatoms. The summed E-state index contributed by atoms with van der Waals surface area (Å²) < 4.78 is 15.6. The number of aryl methyl sites for hydroxylation is 1. The second-order valence-electron chi connectivity index (χ2n) is 7.91. The molecule has 2 unspecified atom stereocenters. The minimum Gasteiger partial charge on any atom is -0.496 e. The van der Waals surface area contributed by atoms with Crippen LogP contribution in [-0.2, 0) is 25.5 Å². The van der Waals surface area contributed by atoms with Crippen LogP contribution >= 0.6 is 0 Å². The molecule has 0 spiro atoms. The summed E-state index contributed by atoms with van der Waals surface area (Å²) in [6.45, 7) is 8.98. The van der Waals surface area contributed by atoms with E-state index in [9.17, 15) is 14.4 Å². The number of nitrogens with zero attached hydrogens (tertiary/aromatic N) is 1. The van der Waals surface area contributed by atoms with E-state index in [1.54, 1.807) is 46.9 Å². The van der Waals surface area contributed by atoms with Crippen molar-refractivity contribution in [1.29, 1.82) is 0 Å². The van der Waals surface area contributed by atoms with E-state index in [1.165, 1.54) is 19.1 Å². The number of hydrogen-bond donors (Lipinski definition) is 1. The highest BCUT2D eigenvalue weighted by Gasteiger charge is 2.34. The molecular weight excluding hydrogens is 388 g/mol. The fourth-order valence-corrected chi connectivity index (χ4v) is 2.96. The van der Waals surface area contributed by atoms with E-state index in [4.69, 9.17) is 14.2 Å². The number of carbonyl (C=O) groups excluding carboxylic acids is 3. The summed E-state index contributed by atoms with van der Waals surface area (Å²) in [5, 5.41) is 2.69. The zero-order chi connectivity index (χ0) is 23.1. The number of carbonyl (C=O) groups is 3. The van der Waals surface area contributed by atoms with Crippen LogP contribution in [0.4, 0.5) is 4.79 Å². The van der Waals surface area contributed by atoms with Crippen LogP contribution < -0.4 is 10.1 Å². The van der Waals surface area contributed by atoms with Gasteiger partial charge in [0, 0.05) is 7.05 Å². The first kappa shape index (κ1) is 25.3. The van der Waals surface area contributed by atoms with Crippen LogP contribution in [0.1, 0.15) is 58.2 Å². The maximum absolute atomic E-state index is 13.2. The number of hydrogen-bond acceptors (Lipinski definition) is 6. The van der Waals surface area contributed by atoms with Crippen molar-refractivity contribution >= 4 is 18.0 Å². The fourth-order valence-electron chi connectivity index (χ4n) is 2.96. The number of methoxy groups -OCH3 is 2. The van der Waals surface area contributed by atoms with E-state index >= 15 is 0 Å². The van der Waals surface area contributed by atoms with Crippen LogP contribution in [0.2, 0.25) is 0 Å². The normalized spacial score (nSPS) is 13.1. The molecule has 8 nitrogen and oxygen atoms in total. The third kappa shape index (κ3) is 6.64. The van der Waals surface area contributed by atoms with E-state index < -0.39 is 35.7 Å². The summed E-state index contributed by atoms with van der Waals surface area (Å²) in [6.07, 6.45) is 0.383. The Morgan fingerprint density at radius 2 is 1.77 bits per heavy atom. The van der Waals surface area contributed by atoms with E-state index in [-0.39, 0.29) is 0 Å². The third-order valence-corrected chi connectivity index (χ3v) is 4.53.